The van der Waals surface area contributed by atoms with Crippen molar-refractivity contribution in [3.05, 3.63) is 81.1 Å². The van der Waals surface area contributed by atoms with Gasteiger partial charge in [-0.05, 0) is 40.0 Å². The lowest BCUT2D eigenvalue weighted by molar-refractivity contribution is 0.616. The molecular formula is C18H16BrN5OS. The van der Waals surface area contributed by atoms with Gasteiger partial charge in [-0.3, -0.25) is 4.57 Å². The fraction of sp³-hybridized carbons (Fsp3) is 0.167. The SMILES string of the molecule is O=c1[nH]nc(SCc2cn3cc(Br)ccc3n2)n1CCc1ccccc1. The van der Waals surface area contributed by atoms with E-state index in [1.807, 2.05) is 47.1 Å². The zero-order chi connectivity index (χ0) is 17.9. The quantitative estimate of drug-likeness (QED) is 0.476. The van der Waals surface area contributed by atoms with Crippen molar-refractivity contribution in [3.8, 4) is 0 Å². The van der Waals surface area contributed by atoms with Crippen LogP contribution in [-0.4, -0.2) is 24.1 Å². The largest absolute Gasteiger partial charge is 0.343 e. The summed E-state index contributed by atoms with van der Waals surface area (Å²) in [4.78, 5) is 16.7. The molecule has 0 radical (unpaired) electrons. The number of hydrogen-bond acceptors (Lipinski definition) is 4. The summed E-state index contributed by atoms with van der Waals surface area (Å²) in [6.07, 6.45) is 4.75. The van der Waals surface area contributed by atoms with Crippen molar-refractivity contribution in [2.24, 2.45) is 0 Å². The molecule has 6 nitrogen and oxygen atoms in total. The second kappa shape index (κ2) is 7.51. The minimum absolute atomic E-state index is 0.178. The molecule has 0 spiro atoms. The number of aromatic nitrogens is 5. The Morgan fingerprint density at radius 1 is 1.12 bits per heavy atom. The lowest BCUT2D eigenvalue weighted by atomic mass is 10.1. The van der Waals surface area contributed by atoms with Crippen molar-refractivity contribution in [1.82, 2.24) is 24.1 Å². The van der Waals surface area contributed by atoms with E-state index >= 15 is 0 Å². The molecule has 0 aliphatic rings. The van der Waals surface area contributed by atoms with Gasteiger partial charge in [0.25, 0.3) is 0 Å². The van der Waals surface area contributed by atoms with E-state index < -0.39 is 0 Å². The third kappa shape index (κ3) is 3.76. The second-order valence-corrected chi connectivity index (χ2v) is 7.69. The zero-order valence-electron chi connectivity index (χ0n) is 13.8. The van der Waals surface area contributed by atoms with E-state index in [-0.39, 0.29) is 5.69 Å². The molecule has 8 heteroatoms. The highest BCUT2D eigenvalue weighted by molar-refractivity contribution is 9.10. The van der Waals surface area contributed by atoms with Crippen LogP contribution in [0.1, 0.15) is 11.3 Å². The molecule has 1 N–H and O–H groups in total. The van der Waals surface area contributed by atoms with Gasteiger partial charge in [0.2, 0.25) is 0 Å². The molecule has 3 heterocycles. The van der Waals surface area contributed by atoms with Crippen LogP contribution >= 0.6 is 27.7 Å². The van der Waals surface area contributed by atoms with Crippen molar-refractivity contribution < 1.29 is 0 Å². The van der Waals surface area contributed by atoms with Crippen LogP contribution in [0.4, 0.5) is 0 Å². The molecule has 132 valence electrons. The van der Waals surface area contributed by atoms with E-state index in [2.05, 4.69) is 43.2 Å². The first kappa shape index (κ1) is 17.1. The summed E-state index contributed by atoms with van der Waals surface area (Å²) < 4.78 is 4.67. The predicted molar refractivity (Wildman–Crippen MR) is 105 cm³/mol. The van der Waals surface area contributed by atoms with E-state index in [1.165, 1.54) is 17.3 Å². The molecule has 4 aromatic rings. The van der Waals surface area contributed by atoms with Crippen molar-refractivity contribution >= 4 is 33.3 Å². The van der Waals surface area contributed by atoms with Crippen LogP contribution in [0.3, 0.4) is 0 Å². The van der Waals surface area contributed by atoms with Gasteiger partial charge in [0, 0.05) is 29.2 Å². The molecule has 1 aromatic carbocycles. The Balaban J connectivity index is 1.47. The van der Waals surface area contributed by atoms with Crippen LogP contribution in [0, 0.1) is 0 Å². The summed E-state index contributed by atoms with van der Waals surface area (Å²) in [6, 6.07) is 14.0. The average molecular weight is 430 g/mol. The maximum atomic E-state index is 12.1. The molecule has 0 bridgehead atoms. The standard InChI is InChI=1S/C18H16BrN5OS/c19-14-6-7-16-20-15(11-23(16)10-14)12-26-18-22-21-17(25)24(18)9-8-13-4-2-1-3-5-13/h1-7,10-11H,8-9,12H2,(H,21,25). The van der Waals surface area contributed by atoms with Crippen LogP contribution in [0.25, 0.3) is 5.65 Å². The summed E-state index contributed by atoms with van der Waals surface area (Å²) in [5.74, 6) is 0.648. The van der Waals surface area contributed by atoms with Crippen LogP contribution < -0.4 is 5.69 Å². The Morgan fingerprint density at radius 2 is 1.96 bits per heavy atom. The molecular weight excluding hydrogens is 414 g/mol. The van der Waals surface area contributed by atoms with E-state index in [4.69, 9.17) is 0 Å². The summed E-state index contributed by atoms with van der Waals surface area (Å²) in [7, 11) is 0. The number of benzene rings is 1. The summed E-state index contributed by atoms with van der Waals surface area (Å²) in [6.45, 7) is 0.597. The zero-order valence-corrected chi connectivity index (χ0v) is 16.2. The number of thioether (sulfide) groups is 1. The number of imidazole rings is 1. The normalized spacial score (nSPS) is 11.3. The Hall–Kier alpha value is -2.32. The summed E-state index contributed by atoms with van der Waals surface area (Å²) >= 11 is 4.97. The number of aryl methyl sites for hydroxylation is 1. The molecule has 0 fully saturated rings. The second-order valence-electron chi connectivity index (χ2n) is 5.83. The molecule has 0 atom stereocenters. The number of halogens is 1. The highest BCUT2D eigenvalue weighted by Crippen LogP contribution is 2.21. The van der Waals surface area contributed by atoms with Gasteiger partial charge in [-0.15, -0.1) is 5.10 Å². The molecule has 0 aliphatic carbocycles. The maximum absolute atomic E-state index is 12.1. The van der Waals surface area contributed by atoms with Gasteiger partial charge < -0.3 is 4.40 Å². The molecule has 26 heavy (non-hydrogen) atoms. The van der Waals surface area contributed by atoms with Crippen molar-refractivity contribution in [1.29, 1.82) is 0 Å². The van der Waals surface area contributed by atoms with Crippen molar-refractivity contribution in [2.45, 2.75) is 23.9 Å². The lowest BCUT2D eigenvalue weighted by Crippen LogP contribution is -2.18. The minimum Gasteiger partial charge on any atom is -0.306 e. The van der Waals surface area contributed by atoms with E-state index in [1.54, 1.807) is 4.57 Å². The van der Waals surface area contributed by atoms with Crippen LogP contribution in [0.15, 0.2) is 69.3 Å². The van der Waals surface area contributed by atoms with Gasteiger partial charge in [-0.2, -0.15) is 0 Å². The van der Waals surface area contributed by atoms with E-state index in [0.717, 1.165) is 22.2 Å². The predicted octanol–water partition coefficient (Wildman–Crippen LogP) is 3.52. The third-order valence-electron chi connectivity index (χ3n) is 4.00. The first-order chi connectivity index (χ1) is 12.7. The number of nitrogens with zero attached hydrogens (tertiary/aromatic N) is 4. The first-order valence-corrected chi connectivity index (χ1v) is 9.92. The van der Waals surface area contributed by atoms with Crippen LogP contribution in [0.5, 0.6) is 0 Å². The van der Waals surface area contributed by atoms with E-state index in [0.29, 0.717) is 17.5 Å². The summed E-state index contributed by atoms with van der Waals surface area (Å²) in [5.41, 5.74) is 2.86. The first-order valence-electron chi connectivity index (χ1n) is 8.14. The van der Waals surface area contributed by atoms with Gasteiger partial charge in [0.1, 0.15) is 5.65 Å². The number of hydrogen-bond donors (Lipinski definition) is 1. The molecule has 0 saturated carbocycles. The highest BCUT2D eigenvalue weighted by atomic mass is 79.9. The summed E-state index contributed by atoms with van der Waals surface area (Å²) in [5, 5.41) is 7.39. The number of aromatic amines is 1. The van der Waals surface area contributed by atoms with Gasteiger partial charge in [0.05, 0.1) is 5.69 Å². The fourth-order valence-corrected chi connectivity index (χ4v) is 3.93. The molecule has 0 aliphatic heterocycles. The Morgan fingerprint density at radius 3 is 2.81 bits per heavy atom. The van der Waals surface area contributed by atoms with Crippen LogP contribution in [0.2, 0.25) is 0 Å². The van der Waals surface area contributed by atoms with Gasteiger partial charge >= 0.3 is 5.69 Å². The monoisotopic (exact) mass is 429 g/mol. The Kier molecular flexibility index (Phi) is 4.94. The molecule has 0 unspecified atom stereocenters. The maximum Gasteiger partial charge on any atom is 0.343 e. The van der Waals surface area contributed by atoms with Gasteiger partial charge in [-0.1, -0.05) is 42.1 Å². The van der Waals surface area contributed by atoms with E-state index in [9.17, 15) is 4.79 Å². The number of H-pyrrole nitrogens is 1. The lowest BCUT2D eigenvalue weighted by Gasteiger charge is -2.05. The van der Waals surface area contributed by atoms with Crippen LogP contribution in [-0.2, 0) is 18.7 Å². The van der Waals surface area contributed by atoms with Crippen molar-refractivity contribution in [3.63, 3.8) is 0 Å². The number of fused-ring (bicyclic) bond motifs is 1. The van der Waals surface area contributed by atoms with Crippen molar-refractivity contribution in [2.75, 3.05) is 0 Å². The number of nitrogens with one attached hydrogen (secondary N) is 1. The topological polar surface area (TPSA) is 68.0 Å². The fourth-order valence-electron chi connectivity index (χ4n) is 2.72. The molecule has 0 amide bonds. The third-order valence-corrected chi connectivity index (χ3v) is 5.48. The Bertz CT molecular complexity index is 1090. The number of rotatable bonds is 6. The Labute approximate surface area is 162 Å². The van der Waals surface area contributed by atoms with Gasteiger partial charge in [0.15, 0.2) is 5.16 Å². The average Bonchev–Trinajstić information content (AvgIpc) is 3.21. The molecule has 0 saturated heterocycles. The number of pyridine rings is 1. The molecule has 4 rings (SSSR count). The minimum atomic E-state index is -0.178. The molecule has 3 aromatic heterocycles. The highest BCUT2D eigenvalue weighted by Gasteiger charge is 2.11. The van der Waals surface area contributed by atoms with Gasteiger partial charge in [-0.25, -0.2) is 14.9 Å². The smallest absolute Gasteiger partial charge is 0.306 e.